The summed E-state index contributed by atoms with van der Waals surface area (Å²) in [6, 6.07) is 0. The highest BCUT2D eigenvalue weighted by atomic mass is 16.5. The quantitative estimate of drug-likeness (QED) is 0.745. The molecule has 2 atom stereocenters. The number of hydrogen-bond donors (Lipinski definition) is 1. The first kappa shape index (κ1) is 11.4. The zero-order valence-corrected chi connectivity index (χ0v) is 10.1. The van der Waals surface area contributed by atoms with E-state index in [1.165, 1.54) is 32.4 Å². The minimum atomic E-state index is 0.430. The van der Waals surface area contributed by atoms with Crippen molar-refractivity contribution in [2.75, 3.05) is 32.8 Å². The summed E-state index contributed by atoms with van der Waals surface area (Å²) in [7, 11) is 0. The Hall–Kier alpha value is -0.120. The third-order valence-corrected chi connectivity index (χ3v) is 4.08. The van der Waals surface area contributed by atoms with E-state index in [2.05, 4.69) is 24.1 Å². The summed E-state index contributed by atoms with van der Waals surface area (Å²) in [6.45, 7) is 10.2. The smallest absolute Gasteiger partial charge is 0.0564 e. The molecule has 0 bridgehead atoms. The fourth-order valence-electron chi connectivity index (χ4n) is 3.12. The molecule has 0 aromatic rings. The van der Waals surface area contributed by atoms with Gasteiger partial charge in [0.25, 0.3) is 0 Å². The molecule has 2 heterocycles. The molecule has 0 aromatic carbocycles. The van der Waals surface area contributed by atoms with Gasteiger partial charge in [0.1, 0.15) is 0 Å². The first-order valence-electron chi connectivity index (χ1n) is 6.34. The van der Waals surface area contributed by atoms with Crippen molar-refractivity contribution in [3.8, 4) is 0 Å². The molecule has 0 unspecified atom stereocenters. The molecule has 3 heteroatoms. The Morgan fingerprint density at radius 3 is 2.73 bits per heavy atom. The van der Waals surface area contributed by atoms with Gasteiger partial charge in [-0.05, 0) is 26.2 Å². The molecular weight excluding hydrogens is 188 g/mol. The molecule has 0 amide bonds. The lowest BCUT2D eigenvalue weighted by Gasteiger charge is -2.49. The molecule has 0 aliphatic carbocycles. The Bertz CT molecular complexity index is 204. The summed E-state index contributed by atoms with van der Waals surface area (Å²) in [4.78, 5) is 2.70. The molecule has 2 saturated heterocycles. The number of nitrogens with zero attached hydrogens (tertiary/aromatic N) is 1. The van der Waals surface area contributed by atoms with Crippen LogP contribution >= 0.6 is 0 Å². The van der Waals surface area contributed by atoms with Gasteiger partial charge in [-0.25, -0.2) is 0 Å². The van der Waals surface area contributed by atoms with Crippen molar-refractivity contribution in [2.24, 2.45) is 0 Å². The van der Waals surface area contributed by atoms with Gasteiger partial charge in [-0.15, -0.1) is 0 Å². The molecule has 88 valence electrons. The molecule has 2 aliphatic rings. The third kappa shape index (κ3) is 2.35. The van der Waals surface area contributed by atoms with Crippen LogP contribution < -0.4 is 5.32 Å². The lowest BCUT2D eigenvalue weighted by molar-refractivity contribution is -0.0723. The maximum absolute atomic E-state index is 5.68. The van der Waals surface area contributed by atoms with Crippen molar-refractivity contribution >= 4 is 0 Å². The van der Waals surface area contributed by atoms with Crippen molar-refractivity contribution in [1.29, 1.82) is 0 Å². The summed E-state index contributed by atoms with van der Waals surface area (Å²) >= 11 is 0. The molecule has 3 nitrogen and oxygen atoms in total. The van der Waals surface area contributed by atoms with Crippen molar-refractivity contribution in [3.63, 3.8) is 0 Å². The summed E-state index contributed by atoms with van der Waals surface area (Å²) in [6.07, 6.45) is 4.13. The van der Waals surface area contributed by atoms with E-state index >= 15 is 0 Å². The Morgan fingerprint density at radius 1 is 1.40 bits per heavy atom. The highest BCUT2D eigenvalue weighted by molar-refractivity contribution is 4.95. The van der Waals surface area contributed by atoms with Crippen molar-refractivity contribution in [1.82, 2.24) is 10.2 Å². The van der Waals surface area contributed by atoms with E-state index in [0.29, 0.717) is 11.6 Å². The minimum absolute atomic E-state index is 0.430. The average molecular weight is 212 g/mol. The van der Waals surface area contributed by atoms with E-state index in [0.717, 1.165) is 19.7 Å². The van der Waals surface area contributed by atoms with Gasteiger partial charge in [0, 0.05) is 38.3 Å². The predicted molar refractivity (Wildman–Crippen MR) is 62.1 cm³/mol. The van der Waals surface area contributed by atoms with Gasteiger partial charge in [0.2, 0.25) is 0 Å². The van der Waals surface area contributed by atoms with Gasteiger partial charge in [-0.3, -0.25) is 4.90 Å². The van der Waals surface area contributed by atoms with Crippen LogP contribution in [0.4, 0.5) is 0 Å². The lowest BCUT2D eigenvalue weighted by atomic mass is 9.82. The summed E-state index contributed by atoms with van der Waals surface area (Å²) < 4.78 is 5.68. The standard InChI is InChI=1S/C12H24N2O/c1-3-12(4-9-15-11(2)10-12)14-7-5-13-6-8-14/h11,13H,3-10H2,1-2H3/t11-,12+/m0/s1. The van der Waals surface area contributed by atoms with Crippen LogP contribution in [0, 0.1) is 0 Å². The summed E-state index contributed by atoms with van der Waals surface area (Å²) in [5, 5.41) is 3.43. The second kappa shape index (κ2) is 4.81. The van der Waals surface area contributed by atoms with Crippen LogP contribution in [0.3, 0.4) is 0 Å². The zero-order valence-electron chi connectivity index (χ0n) is 10.1. The van der Waals surface area contributed by atoms with Gasteiger partial charge in [-0.2, -0.15) is 0 Å². The van der Waals surface area contributed by atoms with Crippen LogP contribution in [0.25, 0.3) is 0 Å². The highest BCUT2D eigenvalue weighted by Gasteiger charge is 2.39. The average Bonchev–Trinajstić information content (AvgIpc) is 2.30. The number of nitrogens with one attached hydrogen (secondary N) is 1. The molecule has 0 radical (unpaired) electrons. The van der Waals surface area contributed by atoms with E-state index in [-0.39, 0.29) is 0 Å². The van der Waals surface area contributed by atoms with Crippen LogP contribution in [0.15, 0.2) is 0 Å². The van der Waals surface area contributed by atoms with E-state index in [4.69, 9.17) is 4.74 Å². The van der Waals surface area contributed by atoms with Crippen molar-refractivity contribution in [2.45, 2.75) is 44.8 Å². The van der Waals surface area contributed by atoms with Gasteiger partial charge < -0.3 is 10.1 Å². The molecule has 2 rings (SSSR count). The van der Waals surface area contributed by atoms with Crippen LogP contribution in [-0.4, -0.2) is 49.3 Å². The molecule has 2 fully saturated rings. The van der Waals surface area contributed by atoms with Gasteiger partial charge in [0.15, 0.2) is 0 Å². The second-order valence-corrected chi connectivity index (χ2v) is 4.95. The van der Waals surface area contributed by atoms with Crippen LogP contribution in [0.2, 0.25) is 0 Å². The van der Waals surface area contributed by atoms with Crippen molar-refractivity contribution < 1.29 is 4.74 Å². The van der Waals surface area contributed by atoms with E-state index in [9.17, 15) is 0 Å². The molecule has 0 aromatic heterocycles. The number of hydrogen-bond acceptors (Lipinski definition) is 3. The first-order chi connectivity index (χ1) is 7.27. The van der Waals surface area contributed by atoms with Crippen LogP contribution in [0.5, 0.6) is 0 Å². The van der Waals surface area contributed by atoms with E-state index in [1.54, 1.807) is 0 Å². The zero-order chi connectivity index (χ0) is 10.7. The van der Waals surface area contributed by atoms with Gasteiger partial charge >= 0.3 is 0 Å². The Labute approximate surface area is 93.2 Å². The first-order valence-corrected chi connectivity index (χ1v) is 6.34. The SMILES string of the molecule is CC[C@@]1(N2CCNCC2)CCO[C@@H](C)C1. The molecular formula is C12H24N2O. The van der Waals surface area contributed by atoms with Crippen molar-refractivity contribution in [3.05, 3.63) is 0 Å². The fourth-order valence-corrected chi connectivity index (χ4v) is 3.12. The maximum Gasteiger partial charge on any atom is 0.0564 e. The lowest BCUT2D eigenvalue weighted by Crippen LogP contribution is -2.59. The summed E-state index contributed by atoms with van der Waals surface area (Å²) in [5.41, 5.74) is 0.430. The Kier molecular flexibility index (Phi) is 3.65. The molecule has 1 N–H and O–H groups in total. The van der Waals surface area contributed by atoms with Gasteiger partial charge in [0.05, 0.1) is 6.10 Å². The van der Waals surface area contributed by atoms with Gasteiger partial charge in [-0.1, -0.05) is 6.92 Å². The Morgan fingerprint density at radius 2 is 2.13 bits per heavy atom. The Balaban J connectivity index is 2.04. The summed E-state index contributed by atoms with van der Waals surface area (Å²) in [5.74, 6) is 0. The van der Waals surface area contributed by atoms with Crippen LogP contribution in [0.1, 0.15) is 33.1 Å². The largest absolute Gasteiger partial charge is 0.378 e. The molecule has 0 saturated carbocycles. The monoisotopic (exact) mass is 212 g/mol. The maximum atomic E-state index is 5.68. The topological polar surface area (TPSA) is 24.5 Å². The molecule has 2 aliphatic heterocycles. The van der Waals surface area contributed by atoms with E-state index in [1.807, 2.05) is 0 Å². The van der Waals surface area contributed by atoms with Crippen LogP contribution in [-0.2, 0) is 4.74 Å². The number of rotatable bonds is 2. The molecule has 0 spiro atoms. The highest BCUT2D eigenvalue weighted by Crippen LogP contribution is 2.34. The number of piperazine rings is 1. The minimum Gasteiger partial charge on any atom is -0.378 e. The predicted octanol–water partition coefficient (Wildman–Crippen LogP) is 1.24. The van der Waals surface area contributed by atoms with E-state index < -0.39 is 0 Å². The third-order valence-electron chi connectivity index (χ3n) is 4.08. The fraction of sp³-hybridized carbons (Fsp3) is 1.00. The number of ether oxygens (including phenoxy) is 1. The normalized spacial score (nSPS) is 39.2. The second-order valence-electron chi connectivity index (χ2n) is 4.95. The molecule has 15 heavy (non-hydrogen) atoms.